The molecule has 0 amide bonds. The molecule has 76 valence electrons. The van der Waals surface area contributed by atoms with Crippen molar-refractivity contribution in [2.24, 2.45) is 0 Å². The summed E-state index contributed by atoms with van der Waals surface area (Å²) in [5.74, 6) is 0.760. The SMILES string of the molecule is CCCOc1cc(C)ccc1C(C)=O. The molecule has 2 nitrogen and oxygen atoms in total. The fourth-order valence-electron chi connectivity index (χ4n) is 1.25. The number of ether oxygens (including phenoxy) is 1. The average Bonchev–Trinajstić information content (AvgIpc) is 2.14. The molecule has 0 saturated carbocycles. The van der Waals surface area contributed by atoms with Gasteiger partial charge in [-0.1, -0.05) is 13.0 Å². The van der Waals surface area contributed by atoms with Gasteiger partial charge in [0.15, 0.2) is 5.78 Å². The van der Waals surface area contributed by atoms with Crippen LogP contribution in [-0.4, -0.2) is 12.4 Å². The Morgan fingerprint density at radius 1 is 1.43 bits per heavy atom. The molecule has 0 aromatic heterocycles. The quantitative estimate of drug-likeness (QED) is 0.685. The van der Waals surface area contributed by atoms with Crippen molar-refractivity contribution < 1.29 is 9.53 Å². The van der Waals surface area contributed by atoms with Crippen molar-refractivity contribution in [3.8, 4) is 5.75 Å². The third kappa shape index (κ3) is 2.59. The number of rotatable bonds is 4. The largest absolute Gasteiger partial charge is 0.493 e. The molecule has 0 aliphatic heterocycles. The summed E-state index contributed by atoms with van der Waals surface area (Å²) in [4.78, 5) is 11.3. The van der Waals surface area contributed by atoms with Crippen molar-refractivity contribution in [2.45, 2.75) is 27.2 Å². The van der Waals surface area contributed by atoms with Crippen LogP contribution in [0.5, 0.6) is 5.75 Å². The van der Waals surface area contributed by atoms with E-state index in [1.807, 2.05) is 32.0 Å². The van der Waals surface area contributed by atoms with Gasteiger partial charge < -0.3 is 4.74 Å². The van der Waals surface area contributed by atoms with Crippen LogP contribution in [0.4, 0.5) is 0 Å². The number of carbonyl (C=O) groups excluding carboxylic acids is 1. The van der Waals surface area contributed by atoms with Gasteiger partial charge in [-0.25, -0.2) is 0 Å². The molecule has 1 rings (SSSR count). The first-order valence-electron chi connectivity index (χ1n) is 4.89. The standard InChI is InChI=1S/C12H16O2/c1-4-7-14-12-8-9(2)5-6-11(12)10(3)13/h5-6,8H,4,7H2,1-3H3. The smallest absolute Gasteiger partial charge is 0.163 e. The summed E-state index contributed by atoms with van der Waals surface area (Å²) in [7, 11) is 0. The van der Waals surface area contributed by atoms with Crippen LogP contribution in [0.1, 0.15) is 36.2 Å². The Morgan fingerprint density at radius 2 is 2.14 bits per heavy atom. The second-order valence-corrected chi connectivity index (χ2v) is 3.40. The Hall–Kier alpha value is -1.31. The van der Waals surface area contributed by atoms with E-state index in [-0.39, 0.29) is 5.78 Å². The zero-order chi connectivity index (χ0) is 10.6. The van der Waals surface area contributed by atoms with Crippen LogP contribution in [0, 0.1) is 6.92 Å². The van der Waals surface area contributed by atoms with Crippen LogP contribution in [0.15, 0.2) is 18.2 Å². The molecule has 0 N–H and O–H groups in total. The predicted octanol–water partition coefficient (Wildman–Crippen LogP) is 2.99. The number of ketones is 1. The summed E-state index contributed by atoms with van der Waals surface area (Å²) in [6.07, 6.45) is 0.950. The number of Topliss-reactive ketones (excluding diaryl/α,β-unsaturated/α-hetero) is 1. The summed E-state index contributed by atoms with van der Waals surface area (Å²) in [5, 5.41) is 0. The van der Waals surface area contributed by atoms with Crippen LogP contribution in [-0.2, 0) is 0 Å². The van der Waals surface area contributed by atoms with Crippen LogP contribution < -0.4 is 4.74 Å². The summed E-state index contributed by atoms with van der Waals surface area (Å²) in [5.41, 5.74) is 1.78. The highest BCUT2D eigenvalue weighted by atomic mass is 16.5. The van der Waals surface area contributed by atoms with E-state index in [1.165, 1.54) is 0 Å². The Morgan fingerprint density at radius 3 is 2.71 bits per heavy atom. The second-order valence-electron chi connectivity index (χ2n) is 3.40. The van der Waals surface area contributed by atoms with Crippen molar-refractivity contribution in [1.29, 1.82) is 0 Å². The summed E-state index contributed by atoms with van der Waals surface area (Å²) in [6, 6.07) is 5.66. The van der Waals surface area contributed by atoms with E-state index >= 15 is 0 Å². The minimum absolute atomic E-state index is 0.0519. The third-order valence-electron chi connectivity index (χ3n) is 1.98. The molecule has 0 aliphatic carbocycles. The summed E-state index contributed by atoms with van der Waals surface area (Å²) in [6.45, 7) is 6.25. The second kappa shape index (κ2) is 4.80. The molecule has 0 saturated heterocycles. The topological polar surface area (TPSA) is 26.3 Å². The van der Waals surface area contributed by atoms with Gasteiger partial charge in [-0.3, -0.25) is 4.79 Å². The third-order valence-corrected chi connectivity index (χ3v) is 1.98. The zero-order valence-corrected chi connectivity index (χ0v) is 8.96. The molecule has 0 fully saturated rings. The van der Waals surface area contributed by atoms with Gasteiger partial charge in [0.05, 0.1) is 12.2 Å². The molecule has 0 spiro atoms. The maximum atomic E-state index is 11.3. The number of hydrogen-bond acceptors (Lipinski definition) is 2. The number of hydrogen-bond donors (Lipinski definition) is 0. The normalized spacial score (nSPS) is 9.93. The van der Waals surface area contributed by atoms with E-state index in [0.717, 1.165) is 12.0 Å². The van der Waals surface area contributed by atoms with Crippen molar-refractivity contribution in [3.63, 3.8) is 0 Å². The lowest BCUT2D eigenvalue weighted by Crippen LogP contribution is -2.02. The molecule has 0 radical (unpaired) electrons. The van der Waals surface area contributed by atoms with E-state index in [2.05, 4.69) is 0 Å². The highest BCUT2D eigenvalue weighted by Gasteiger charge is 2.07. The average molecular weight is 192 g/mol. The first-order chi connectivity index (χ1) is 6.65. The van der Waals surface area contributed by atoms with E-state index in [4.69, 9.17) is 4.74 Å². The highest BCUT2D eigenvalue weighted by molar-refractivity contribution is 5.96. The first kappa shape index (κ1) is 10.8. The van der Waals surface area contributed by atoms with Crippen molar-refractivity contribution in [1.82, 2.24) is 0 Å². The Balaban J connectivity index is 2.97. The van der Waals surface area contributed by atoms with E-state index < -0.39 is 0 Å². The predicted molar refractivity (Wildman–Crippen MR) is 57.0 cm³/mol. The lowest BCUT2D eigenvalue weighted by atomic mass is 10.1. The van der Waals surface area contributed by atoms with Crippen LogP contribution in [0.3, 0.4) is 0 Å². The molecule has 0 unspecified atom stereocenters. The van der Waals surface area contributed by atoms with Gasteiger partial charge in [0.25, 0.3) is 0 Å². The zero-order valence-electron chi connectivity index (χ0n) is 8.96. The monoisotopic (exact) mass is 192 g/mol. The molecule has 2 heteroatoms. The molecule has 0 bridgehead atoms. The molecule has 0 aliphatic rings. The molecular weight excluding hydrogens is 176 g/mol. The van der Waals surface area contributed by atoms with Gasteiger partial charge in [0.2, 0.25) is 0 Å². The molecular formula is C12H16O2. The minimum atomic E-state index is 0.0519. The maximum absolute atomic E-state index is 11.3. The molecule has 1 aromatic carbocycles. The fourth-order valence-corrected chi connectivity index (χ4v) is 1.25. The Bertz CT molecular complexity index is 329. The van der Waals surface area contributed by atoms with E-state index in [1.54, 1.807) is 6.92 Å². The highest BCUT2D eigenvalue weighted by Crippen LogP contribution is 2.20. The molecule has 14 heavy (non-hydrogen) atoms. The van der Waals surface area contributed by atoms with E-state index in [9.17, 15) is 4.79 Å². The molecule has 0 atom stereocenters. The van der Waals surface area contributed by atoms with Crippen LogP contribution >= 0.6 is 0 Å². The molecule has 1 aromatic rings. The van der Waals surface area contributed by atoms with Gasteiger partial charge in [-0.05, 0) is 38.0 Å². The Kier molecular flexibility index (Phi) is 3.69. The van der Waals surface area contributed by atoms with Crippen LogP contribution in [0.2, 0.25) is 0 Å². The van der Waals surface area contributed by atoms with Gasteiger partial charge in [-0.15, -0.1) is 0 Å². The number of carbonyl (C=O) groups is 1. The van der Waals surface area contributed by atoms with E-state index in [0.29, 0.717) is 17.9 Å². The lowest BCUT2D eigenvalue weighted by molar-refractivity contribution is 0.101. The minimum Gasteiger partial charge on any atom is -0.493 e. The van der Waals surface area contributed by atoms with Crippen molar-refractivity contribution in [3.05, 3.63) is 29.3 Å². The van der Waals surface area contributed by atoms with Gasteiger partial charge >= 0.3 is 0 Å². The van der Waals surface area contributed by atoms with Crippen LogP contribution in [0.25, 0.3) is 0 Å². The lowest BCUT2D eigenvalue weighted by Gasteiger charge is -2.09. The maximum Gasteiger partial charge on any atom is 0.163 e. The fraction of sp³-hybridized carbons (Fsp3) is 0.417. The number of benzene rings is 1. The molecule has 0 heterocycles. The van der Waals surface area contributed by atoms with Gasteiger partial charge in [-0.2, -0.15) is 0 Å². The Labute approximate surface area is 84.9 Å². The van der Waals surface area contributed by atoms with Gasteiger partial charge in [0, 0.05) is 0 Å². The van der Waals surface area contributed by atoms with Crippen molar-refractivity contribution >= 4 is 5.78 Å². The number of aryl methyl sites for hydroxylation is 1. The van der Waals surface area contributed by atoms with Gasteiger partial charge in [0.1, 0.15) is 5.75 Å². The summed E-state index contributed by atoms with van der Waals surface area (Å²) < 4.78 is 5.51. The van der Waals surface area contributed by atoms with Crippen molar-refractivity contribution in [2.75, 3.05) is 6.61 Å². The summed E-state index contributed by atoms with van der Waals surface area (Å²) >= 11 is 0. The first-order valence-corrected chi connectivity index (χ1v) is 4.89.